The number of rotatable bonds is 2. The topological polar surface area (TPSA) is 62.4 Å². The van der Waals surface area contributed by atoms with Crippen LogP contribution in [0.5, 0.6) is 0 Å². The van der Waals surface area contributed by atoms with Crippen LogP contribution < -0.4 is 16.2 Å². The van der Waals surface area contributed by atoms with Gasteiger partial charge in [-0.2, -0.15) is 0 Å². The van der Waals surface area contributed by atoms with E-state index in [9.17, 15) is 4.79 Å². The number of carbonyl (C=O) groups excluding carboxylic acids is 1. The number of nitrogens with one attached hydrogen (secondary N) is 3. The summed E-state index contributed by atoms with van der Waals surface area (Å²) in [6, 6.07) is 0.248. The Morgan fingerprint density at radius 3 is 2.65 bits per heavy atom. The predicted molar refractivity (Wildman–Crippen MR) is 68.2 cm³/mol. The van der Waals surface area contributed by atoms with E-state index in [0.29, 0.717) is 5.11 Å². The zero-order chi connectivity index (χ0) is 12.4. The molecule has 6 heteroatoms. The number of carbonyl (C=O) groups is 1. The Kier molecular flexibility index (Phi) is 3.83. The van der Waals surface area contributed by atoms with Crippen LogP contribution in [0.4, 0.5) is 0 Å². The first-order valence-corrected chi connectivity index (χ1v) is 6.49. The van der Waals surface area contributed by atoms with Gasteiger partial charge in [-0.3, -0.25) is 15.6 Å². The normalized spacial score (nSPS) is 30.4. The van der Waals surface area contributed by atoms with Gasteiger partial charge in [0.15, 0.2) is 5.11 Å². The molecule has 2 aliphatic heterocycles. The van der Waals surface area contributed by atoms with Gasteiger partial charge in [-0.15, -0.1) is 0 Å². The second-order valence-electron chi connectivity index (χ2n) is 4.96. The first kappa shape index (κ1) is 12.6. The molecule has 2 rings (SSSR count). The van der Waals surface area contributed by atoms with E-state index in [0.717, 1.165) is 19.3 Å². The van der Waals surface area contributed by atoms with E-state index in [1.165, 1.54) is 0 Å². The highest BCUT2D eigenvalue weighted by Gasteiger charge is 2.44. The molecule has 0 aromatic heterocycles. The monoisotopic (exact) mass is 257 g/mol. The summed E-state index contributed by atoms with van der Waals surface area (Å²) in [6.07, 6.45) is 3.32. The van der Waals surface area contributed by atoms with Crippen LogP contribution in [-0.4, -0.2) is 29.3 Å². The number of amides is 1. The van der Waals surface area contributed by atoms with Crippen molar-refractivity contribution in [1.29, 1.82) is 0 Å². The zero-order valence-corrected chi connectivity index (χ0v) is 11.0. The largest absolute Gasteiger partial charge is 0.374 e. The maximum Gasteiger partial charge on any atom is 0.244 e. The maximum absolute atomic E-state index is 11.9. The van der Waals surface area contributed by atoms with Gasteiger partial charge in [0.25, 0.3) is 0 Å². The molecule has 2 bridgehead atoms. The molecule has 2 fully saturated rings. The molecule has 0 unspecified atom stereocenters. The smallest absolute Gasteiger partial charge is 0.244 e. The van der Waals surface area contributed by atoms with Crippen LogP contribution in [0.25, 0.3) is 0 Å². The Hall–Kier alpha value is -0.880. The lowest BCUT2D eigenvalue weighted by Crippen LogP contribution is -2.51. The van der Waals surface area contributed by atoms with Gasteiger partial charge in [0.05, 0.1) is 18.1 Å². The minimum atomic E-state index is -0.0249. The summed E-state index contributed by atoms with van der Waals surface area (Å²) in [6.45, 7) is 3.97. The van der Waals surface area contributed by atoms with Crippen LogP contribution in [0.2, 0.25) is 0 Å². The van der Waals surface area contributed by atoms with Crippen molar-refractivity contribution in [2.75, 3.05) is 0 Å². The van der Waals surface area contributed by atoms with Crippen LogP contribution in [0.3, 0.4) is 0 Å². The summed E-state index contributed by atoms with van der Waals surface area (Å²) < 4.78 is 5.64. The second-order valence-corrected chi connectivity index (χ2v) is 5.37. The third-order valence-corrected chi connectivity index (χ3v) is 3.38. The third kappa shape index (κ3) is 3.07. The first-order chi connectivity index (χ1) is 8.06. The van der Waals surface area contributed by atoms with Gasteiger partial charge in [-0.1, -0.05) is 0 Å². The van der Waals surface area contributed by atoms with Crippen LogP contribution in [0.15, 0.2) is 0 Å². The van der Waals surface area contributed by atoms with E-state index in [1.54, 1.807) is 0 Å². The fourth-order valence-corrected chi connectivity index (χ4v) is 2.71. The molecule has 2 heterocycles. The van der Waals surface area contributed by atoms with E-state index in [4.69, 9.17) is 17.0 Å². The van der Waals surface area contributed by atoms with Crippen molar-refractivity contribution < 1.29 is 9.53 Å². The van der Waals surface area contributed by atoms with E-state index >= 15 is 0 Å². The number of hydrogen-bond donors (Lipinski definition) is 3. The van der Waals surface area contributed by atoms with Crippen molar-refractivity contribution >= 4 is 23.2 Å². The van der Waals surface area contributed by atoms with Crippen molar-refractivity contribution in [2.24, 2.45) is 5.92 Å². The van der Waals surface area contributed by atoms with Gasteiger partial charge < -0.3 is 10.1 Å². The Bertz CT molecular complexity index is 322. The van der Waals surface area contributed by atoms with Crippen molar-refractivity contribution in [2.45, 2.75) is 51.4 Å². The molecule has 0 saturated carbocycles. The van der Waals surface area contributed by atoms with Gasteiger partial charge in [0.2, 0.25) is 5.91 Å². The molecule has 0 aliphatic carbocycles. The van der Waals surface area contributed by atoms with Crippen LogP contribution >= 0.6 is 12.2 Å². The van der Waals surface area contributed by atoms with Crippen LogP contribution in [0.1, 0.15) is 33.1 Å². The van der Waals surface area contributed by atoms with E-state index in [-0.39, 0.29) is 30.1 Å². The Morgan fingerprint density at radius 1 is 1.35 bits per heavy atom. The fraction of sp³-hybridized carbons (Fsp3) is 0.818. The van der Waals surface area contributed by atoms with Gasteiger partial charge in [-0.25, -0.2) is 0 Å². The van der Waals surface area contributed by atoms with Gasteiger partial charge >= 0.3 is 0 Å². The number of hydrazine groups is 1. The SMILES string of the molecule is CC(C)NC(=S)NNC(=O)[C@@H]1C[C@@H]2CC[C@@H]1O2. The van der Waals surface area contributed by atoms with Gasteiger partial charge in [0, 0.05) is 6.04 Å². The molecule has 0 radical (unpaired) electrons. The summed E-state index contributed by atoms with van der Waals surface area (Å²) in [7, 11) is 0. The molecular formula is C11H19N3O2S. The molecule has 0 spiro atoms. The molecule has 96 valence electrons. The number of ether oxygens (including phenoxy) is 1. The molecule has 3 atom stereocenters. The highest BCUT2D eigenvalue weighted by Crippen LogP contribution is 2.38. The molecule has 2 saturated heterocycles. The van der Waals surface area contributed by atoms with E-state index in [1.807, 2.05) is 13.8 Å². The number of hydrogen-bond acceptors (Lipinski definition) is 3. The average molecular weight is 257 g/mol. The zero-order valence-electron chi connectivity index (χ0n) is 10.2. The van der Waals surface area contributed by atoms with Gasteiger partial charge in [-0.05, 0) is 45.3 Å². The minimum absolute atomic E-state index is 0.0230. The summed E-state index contributed by atoms with van der Waals surface area (Å²) in [5, 5.41) is 3.44. The molecule has 5 nitrogen and oxygen atoms in total. The van der Waals surface area contributed by atoms with E-state index in [2.05, 4.69) is 16.2 Å². The number of fused-ring (bicyclic) bond motifs is 2. The molecule has 17 heavy (non-hydrogen) atoms. The molecule has 1 amide bonds. The maximum atomic E-state index is 11.9. The second kappa shape index (κ2) is 5.18. The summed E-state index contributed by atoms with van der Waals surface area (Å²) in [5.41, 5.74) is 5.36. The van der Waals surface area contributed by atoms with Crippen molar-refractivity contribution in [3.63, 3.8) is 0 Å². The highest BCUT2D eigenvalue weighted by molar-refractivity contribution is 7.80. The summed E-state index contributed by atoms with van der Waals surface area (Å²) in [5.74, 6) is -0.0480. The van der Waals surface area contributed by atoms with Crippen molar-refractivity contribution in [3.8, 4) is 0 Å². The summed E-state index contributed by atoms with van der Waals surface area (Å²) in [4.78, 5) is 11.9. The summed E-state index contributed by atoms with van der Waals surface area (Å²) >= 11 is 5.02. The lowest BCUT2D eigenvalue weighted by Gasteiger charge is -2.19. The number of thiocarbonyl (C=S) groups is 1. The molecule has 2 aliphatic rings. The minimum Gasteiger partial charge on any atom is -0.374 e. The fourth-order valence-electron chi connectivity index (χ4n) is 2.42. The third-order valence-electron chi connectivity index (χ3n) is 3.16. The first-order valence-electron chi connectivity index (χ1n) is 6.08. The van der Waals surface area contributed by atoms with Gasteiger partial charge in [0.1, 0.15) is 0 Å². The predicted octanol–water partition coefficient (Wildman–Crippen LogP) is 0.458. The molecular weight excluding hydrogens is 238 g/mol. The Morgan fingerprint density at radius 2 is 2.12 bits per heavy atom. The quantitative estimate of drug-likeness (QED) is 0.495. The van der Waals surface area contributed by atoms with Crippen LogP contribution in [-0.2, 0) is 9.53 Å². The van der Waals surface area contributed by atoms with E-state index < -0.39 is 0 Å². The van der Waals surface area contributed by atoms with Crippen molar-refractivity contribution in [3.05, 3.63) is 0 Å². The van der Waals surface area contributed by atoms with Crippen LogP contribution in [0, 0.1) is 5.92 Å². The Balaban J connectivity index is 1.73. The highest BCUT2D eigenvalue weighted by atomic mass is 32.1. The standard InChI is InChI=1S/C11H19N3O2S/c1-6(2)12-11(17)14-13-10(15)8-5-7-3-4-9(8)16-7/h6-9H,3-5H2,1-2H3,(H,13,15)(H2,12,14,17)/t7-,8+,9-/m0/s1. The Labute approximate surface area is 107 Å². The molecule has 3 N–H and O–H groups in total. The average Bonchev–Trinajstić information content (AvgIpc) is 2.86. The molecule has 0 aromatic rings. The van der Waals surface area contributed by atoms with Crippen molar-refractivity contribution in [1.82, 2.24) is 16.2 Å². The lowest BCUT2D eigenvalue weighted by atomic mass is 9.89. The lowest BCUT2D eigenvalue weighted by molar-refractivity contribution is -0.127. The molecule has 0 aromatic carbocycles.